The fourth-order valence-corrected chi connectivity index (χ4v) is 3.07. The van der Waals surface area contributed by atoms with Crippen molar-refractivity contribution in [3.05, 3.63) is 27.5 Å². The molecule has 1 aromatic carbocycles. The molecule has 0 radical (unpaired) electrons. The Labute approximate surface area is 91.7 Å². The maximum absolute atomic E-state index is 12.6. The number of alkyl halides is 2. The Bertz CT molecular complexity index is 481. The fraction of sp³-hybridized carbons (Fsp3) is 0.111. The van der Waals surface area contributed by atoms with Crippen molar-refractivity contribution < 1.29 is 8.78 Å². The predicted octanol–water partition coefficient (Wildman–Crippen LogP) is 4.18. The first-order chi connectivity index (χ1) is 6.61. The molecule has 0 bridgehead atoms. The van der Waals surface area contributed by atoms with Crippen molar-refractivity contribution in [3.8, 4) is 0 Å². The highest BCUT2D eigenvalue weighted by atomic mass is 79.9. The lowest BCUT2D eigenvalue weighted by Gasteiger charge is -2.07. The zero-order valence-corrected chi connectivity index (χ0v) is 9.33. The fourth-order valence-electron chi connectivity index (χ4n) is 1.33. The van der Waals surface area contributed by atoms with Gasteiger partial charge in [0.15, 0.2) is 0 Å². The van der Waals surface area contributed by atoms with E-state index in [9.17, 15) is 8.78 Å². The van der Waals surface area contributed by atoms with Gasteiger partial charge in [-0.3, -0.25) is 0 Å². The molecule has 0 aliphatic heterocycles. The highest BCUT2D eigenvalue weighted by Gasteiger charge is 2.18. The first-order valence-electron chi connectivity index (χ1n) is 3.84. The first kappa shape index (κ1) is 9.86. The van der Waals surface area contributed by atoms with E-state index in [4.69, 9.17) is 5.73 Å². The summed E-state index contributed by atoms with van der Waals surface area (Å²) < 4.78 is 26.5. The van der Waals surface area contributed by atoms with E-state index in [0.29, 0.717) is 4.47 Å². The second-order valence-corrected chi connectivity index (χ2v) is 4.54. The van der Waals surface area contributed by atoms with E-state index in [0.717, 1.165) is 10.1 Å². The maximum atomic E-state index is 12.6. The van der Waals surface area contributed by atoms with Crippen LogP contribution in [-0.4, -0.2) is 0 Å². The third-order valence-electron chi connectivity index (χ3n) is 1.97. The van der Waals surface area contributed by atoms with Gasteiger partial charge in [-0.1, -0.05) is 0 Å². The van der Waals surface area contributed by atoms with Crippen LogP contribution in [0, 0.1) is 0 Å². The summed E-state index contributed by atoms with van der Waals surface area (Å²) in [7, 11) is 0. The summed E-state index contributed by atoms with van der Waals surface area (Å²) in [4.78, 5) is 0. The second kappa shape index (κ2) is 3.47. The van der Waals surface area contributed by atoms with Crippen molar-refractivity contribution in [1.82, 2.24) is 0 Å². The molecule has 0 atom stereocenters. The second-order valence-electron chi connectivity index (χ2n) is 2.83. The largest absolute Gasteiger partial charge is 0.398 e. The smallest absolute Gasteiger partial charge is 0.266 e. The number of fused-ring (bicyclic) bond motifs is 1. The van der Waals surface area contributed by atoms with Gasteiger partial charge in [-0.25, -0.2) is 8.78 Å². The topological polar surface area (TPSA) is 26.0 Å². The van der Waals surface area contributed by atoms with Crippen LogP contribution in [0.2, 0.25) is 0 Å². The molecule has 0 aliphatic carbocycles. The van der Waals surface area contributed by atoms with Gasteiger partial charge in [0.2, 0.25) is 0 Å². The van der Waals surface area contributed by atoms with Crippen molar-refractivity contribution in [2.24, 2.45) is 0 Å². The first-order valence-corrected chi connectivity index (χ1v) is 5.51. The van der Waals surface area contributed by atoms with Crippen LogP contribution in [0.15, 0.2) is 22.0 Å². The lowest BCUT2D eigenvalue weighted by molar-refractivity contribution is 0.151. The van der Waals surface area contributed by atoms with Crippen molar-refractivity contribution in [2.75, 3.05) is 5.73 Å². The quantitative estimate of drug-likeness (QED) is 0.778. The maximum Gasteiger partial charge on any atom is 0.266 e. The minimum atomic E-state index is -2.55. The lowest BCUT2D eigenvalue weighted by Crippen LogP contribution is -1.95. The van der Waals surface area contributed by atoms with Crippen LogP contribution < -0.4 is 5.73 Å². The number of benzene rings is 1. The Morgan fingerprint density at radius 3 is 2.79 bits per heavy atom. The Kier molecular flexibility index (Phi) is 2.45. The molecule has 5 heteroatoms. The normalized spacial score (nSPS) is 11.4. The summed E-state index contributed by atoms with van der Waals surface area (Å²) in [5.74, 6) is 0. The summed E-state index contributed by atoms with van der Waals surface area (Å²) in [5, 5.41) is 2.74. The molecule has 1 aromatic heterocycles. The van der Waals surface area contributed by atoms with Crippen molar-refractivity contribution in [1.29, 1.82) is 0 Å². The average Bonchev–Trinajstić information content (AvgIpc) is 2.50. The van der Waals surface area contributed by atoms with Crippen LogP contribution in [0.5, 0.6) is 0 Å². The molecule has 0 fully saturated rings. The molecule has 74 valence electrons. The van der Waals surface area contributed by atoms with Gasteiger partial charge in [-0.15, -0.1) is 11.3 Å². The number of rotatable bonds is 1. The average molecular weight is 278 g/mol. The van der Waals surface area contributed by atoms with Crippen LogP contribution in [0.25, 0.3) is 10.1 Å². The Morgan fingerprint density at radius 1 is 1.43 bits per heavy atom. The standard InChI is InChI=1S/C9H6BrF2NS/c10-7-6(9(11)12)5(13)3-4-1-2-14-8(4)7/h1-3,9H,13H2. The summed E-state index contributed by atoms with van der Waals surface area (Å²) in [6.45, 7) is 0. The Balaban J connectivity index is 2.82. The zero-order chi connectivity index (χ0) is 10.3. The third-order valence-corrected chi connectivity index (χ3v) is 4.01. The number of nitrogen functional groups attached to an aromatic ring is 1. The van der Waals surface area contributed by atoms with E-state index in [1.807, 2.05) is 11.4 Å². The molecule has 2 rings (SSSR count). The SMILES string of the molecule is Nc1cc2ccsc2c(Br)c1C(F)F. The number of hydrogen-bond acceptors (Lipinski definition) is 2. The third kappa shape index (κ3) is 1.40. The van der Waals surface area contributed by atoms with Crippen LogP contribution in [0.3, 0.4) is 0 Å². The number of nitrogens with two attached hydrogens (primary N) is 1. The van der Waals surface area contributed by atoms with Gasteiger partial charge < -0.3 is 5.73 Å². The van der Waals surface area contributed by atoms with Crippen LogP contribution >= 0.6 is 27.3 Å². The van der Waals surface area contributed by atoms with Gasteiger partial charge in [0.25, 0.3) is 6.43 Å². The molecule has 0 amide bonds. The summed E-state index contributed by atoms with van der Waals surface area (Å²) >= 11 is 4.58. The predicted molar refractivity (Wildman–Crippen MR) is 58.9 cm³/mol. The number of hydrogen-bond donors (Lipinski definition) is 1. The monoisotopic (exact) mass is 277 g/mol. The van der Waals surface area contributed by atoms with Gasteiger partial charge in [0.05, 0.1) is 5.56 Å². The zero-order valence-electron chi connectivity index (χ0n) is 6.93. The van der Waals surface area contributed by atoms with Gasteiger partial charge in [0, 0.05) is 14.9 Å². The molecule has 2 aromatic rings. The summed E-state index contributed by atoms with van der Waals surface area (Å²) in [6, 6.07) is 3.44. The van der Waals surface area contributed by atoms with Crippen molar-refractivity contribution in [3.63, 3.8) is 0 Å². The molecule has 14 heavy (non-hydrogen) atoms. The highest BCUT2D eigenvalue weighted by molar-refractivity contribution is 9.10. The number of anilines is 1. The number of thiophene rings is 1. The molecule has 0 saturated heterocycles. The Morgan fingerprint density at radius 2 is 2.14 bits per heavy atom. The summed E-state index contributed by atoms with van der Waals surface area (Å²) in [6.07, 6.45) is -2.55. The lowest BCUT2D eigenvalue weighted by atomic mass is 10.1. The van der Waals surface area contributed by atoms with E-state index < -0.39 is 6.43 Å². The molecule has 0 unspecified atom stereocenters. The van der Waals surface area contributed by atoms with Crippen LogP contribution in [0.4, 0.5) is 14.5 Å². The molecule has 0 saturated carbocycles. The van der Waals surface area contributed by atoms with Gasteiger partial charge >= 0.3 is 0 Å². The van der Waals surface area contributed by atoms with E-state index in [2.05, 4.69) is 15.9 Å². The van der Waals surface area contributed by atoms with Gasteiger partial charge in [-0.05, 0) is 38.8 Å². The van der Waals surface area contributed by atoms with Crippen molar-refractivity contribution in [2.45, 2.75) is 6.43 Å². The minimum Gasteiger partial charge on any atom is -0.398 e. The van der Waals surface area contributed by atoms with E-state index >= 15 is 0 Å². The van der Waals surface area contributed by atoms with Gasteiger partial charge in [0.1, 0.15) is 0 Å². The van der Waals surface area contributed by atoms with Gasteiger partial charge in [-0.2, -0.15) is 0 Å². The number of halogens is 3. The molecule has 2 N–H and O–H groups in total. The van der Waals surface area contributed by atoms with E-state index in [1.54, 1.807) is 6.07 Å². The Hall–Kier alpha value is -0.680. The molecule has 1 nitrogen and oxygen atoms in total. The van der Waals surface area contributed by atoms with E-state index in [-0.39, 0.29) is 11.3 Å². The molecule has 0 aliphatic rings. The van der Waals surface area contributed by atoms with E-state index in [1.165, 1.54) is 11.3 Å². The summed E-state index contributed by atoms with van der Waals surface area (Å²) in [5.41, 5.74) is 5.57. The molecule has 1 heterocycles. The van der Waals surface area contributed by atoms with Crippen LogP contribution in [0.1, 0.15) is 12.0 Å². The van der Waals surface area contributed by atoms with Crippen molar-refractivity contribution >= 4 is 43.0 Å². The highest BCUT2D eigenvalue weighted by Crippen LogP contribution is 2.40. The molecular weight excluding hydrogens is 272 g/mol. The molecular formula is C9H6BrF2NS. The minimum absolute atomic E-state index is 0.111. The molecule has 0 spiro atoms. The van der Waals surface area contributed by atoms with Crippen LogP contribution in [-0.2, 0) is 0 Å².